The van der Waals surface area contributed by atoms with Gasteiger partial charge in [-0.05, 0) is 25.1 Å². The third-order valence-electron chi connectivity index (χ3n) is 3.88. The smallest absolute Gasteiger partial charge is 0.223 e. The van der Waals surface area contributed by atoms with E-state index in [9.17, 15) is 4.79 Å². The Labute approximate surface area is 115 Å². The van der Waals surface area contributed by atoms with Crippen LogP contribution in [0.5, 0.6) is 0 Å². The molecule has 0 radical (unpaired) electrons. The number of hydrogen-bond acceptors (Lipinski definition) is 3. The molecule has 1 amide bonds. The summed E-state index contributed by atoms with van der Waals surface area (Å²) in [4.78, 5) is 19.3. The average molecular weight is 264 g/mol. The first kappa shape index (κ1) is 14.1. The summed E-state index contributed by atoms with van der Waals surface area (Å²) in [6.45, 7) is 3.73. The number of carbonyl (C=O) groups excluding carboxylic acids is 1. The molecule has 1 fully saturated rings. The molecule has 0 spiro atoms. The molecule has 1 aliphatic rings. The molecular formula is C14H24N4O. The summed E-state index contributed by atoms with van der Waals surface area (Å²) in [5.41, 5.74) is 1.25. The van der Waals surface area contributed by atoms with Crippen LogP contribution in [0.15, 0.2) is 18.5 Å². The molecule has 2 rings (SSSR count). The number of rotatable bonds is 5. The lowest BCUT2D eigenvalue weighted by Gasteiger charge is -2.33. The molecule has 1 aromatic rings. The Morgan fingerprint density at radius 2 is 2.42 bits per heavy atom. The number of nitrogens with zero attached hydrogens (tertiary/aromatic N) is 2. The van der Waals surface area contributed by atoms with Gasteiger partial charge >= 0.3 is 0 Å². The number of likely N-dealkylation sites (N-methyl/N-ethyl adjacent to an activating group) is 2. The maximum atomic E-state index is 12.2. The average Bonchev–Trinajstić information content (AvgIpc) is 2.91. The summed E-state index contributed by atoms with van der Waals surface area (Å²) in [5.74, 6) is 0.232. The maximum Gasteiger partial charge on any atom is 0.223 e. The molecule has 1 unspecified atom stereocenters. The van der Waals surface area contributed by atoms with Crippen molar-refractivity contribution in [1.82, 2.24) is 20.1 Å². The standard InChI is InChI=1S/C14H24N4O/c1-17-8-6-16-11-13(17)9-14(19)18(2)7-4-12-3-5-15-10-12/h3,5,10,13,15-16H,4,6-9,11H2,1-2H3. The molecule has 1 aliphatic heterocycles. The summed E-state index contributed by atoms with van der Waals surface area (Å²) in [5, 5.41) is 3.35. The highest BCUT2D eigenvalue weighted by Crippen LogP contribution is 2.07. The van der Waals surface area contributed by atoms with Gasteiger partial charge in [0.15, 0.2) is 0 Å². The number of hydrogen-bond donors (Lipinski definition) is 2. The number of piperazine rings is 1. The Morgan fingerprint density at radius 1 is 1.58 bits per heavy atom. The van der Waals surface area contributed by atoms with Crippen molar-refractivity contribution >= 4 is 5.91 Å². The van der Waals surface area contributed by atoms with Crippen LogP contribution in [0.2, 0.25) is 0 Å². The summed E-state index contributed by atoms with van der Waals surface area (Å²) in [7, 11) is 3.99. The fourth-order valence-electron chi connectivity index (χ4n) is 2.38. The minimum atomic E-state index is 0.232. The fourth-order valence-corrected chi connectivity index (χ4v) is 2.38. The normalized spacial score (nSPS) is 20.4. The summed E-state index contributed by atoms with van der Waals surface area (Å²) in [6.07, 6.45) is 5.41. The van der Waals surface area contributed by atoms with Crippen LogP contribution in [-0.2, 0) is 11.2 Å². The molecule has 0 saturated carbocycles. The Morgan fingerprint density at radius 3 is 3.11 bits per heavy atom. The van der Waals surface area contributed by atoms with Gasteiger partial charge in [0, 0.05) is 58.1 Å². The topological polar surface area (TPSA) is 51.4 Å². The largest absolute Gasteiger partial charge is 0.367 e. The van der Waals surface area contributed by atoms with E-state index >= 15 is 0 Å². The Bertz CT molecular complexity index is 390. The van der Waals surface area contributed by atoms with Crippen molar-refractivity contribution in [2.45, 2.75) is 18.9 Å². The van der Waals surface area contributed by atoms with Gasteiger partial charge in [-0.3, -0.25) is 4.79 Å². The van der Waals surface area contributed by atoms with Gasteiger partial charge in [-0.2, -0.15) is 0 Å². The maximum absolute atomic E-state index is 12.2. The van der Waals surface area contributed by atoms with E-state index in [1.54, 1.807) is 0 Å². The number of nitrogens with one attached hydrogen (secondary N) is 2. The van der Waals surface area contributed by atoms with Gasteiger partial charge < -0.3 is 20.1 Å². The number of amides is 1. The molecule has 2 heterocycles. The molecule has 5 nitrogen and oxygen atoms in total. The first-order chi connectivity index (χ1) is 9.16. The van der Waals surface area contributed by atoms with Gasteiger partial charge in [0.05, 0.1) is 0 Å². The summed E-state index contributed by atoms with van der Waals surface area (Å²) >= 11 is 0. The van der Waals surface area contributed by atoms with Crippen LogP contribution in [0.1, 0.15) is 12.0 Å². The third kappa shape index (κ3) is 4.08. The monoisotopic (exact) mass is 264 g/mol. The fraction of sp³-hybridized carbons (Fsp3) is 0.643. The number of aromatic nitrogens is 1. The van der Waals surface area contributed by atoms with E-state index in [4.69, 9.17) is 0 Å². The SMILES string of the molecule is CN(CCc1cc[nH]c1)C(=O)CC1CNCCN1C. The Hall–Kier alpha value is -1.33. The first-order valence-corrected chi connectivity index (χ1v) is 6.93. The zero-order valence-electron chi connectivity index (χ0n) is 11.9. The summed E-state index contributed by atoms with van der Waals surface area (Å²) < 4.78 is 0. The van der Waals surface area contributed by atoms with E-state index in [1.165, 1.54) is 5.56 Å². The second-order valence-electron chi connectivity index (χ2n) is 5.33. The molecule has 0 aliphatic carbocycles. The Balaban J connectivity index is 1.75. The van der Waals surface area contributed by atoms with Crippen molar-refractivity contribution in [2.24, 2.45) is 0 Å². The summed E-state index contributed by atoms with van der Waals surface area (Å²) in [6, 6.07) is 2.38. The quantitative estimate of drug-likeness (QED) is 0.805. The van der Waals surface area contributed by atoms with E-state index in [2.05, 4.69) is 28.3 Å². The Kier molecular flexibility index (Phi) is 4.99. The van der Waals surface area contributed by atoms with Gasteiger partial charge in [0.2, 0.25) is 5.91 Å². The van der Waals surface area contributed by atoms with Crippen molar-refractivity contribution in [3.05, 3.63) is 24.0 Å². The zero-order valence-corrected chi connectivity index (χ0v) is 11.9. The van der Waals surface area contributed by atoms with Gasteiger partial charge in [-0.1, -0.05) is 0 Å². The minimum Gasteiger partial charge on any atom is -0.367 e. The third-order valence-corrected chi connectivity index (χ3v) is 3.88. The predicted octanol–water partition coefficient (Wildman–Crippen LogP) is 0.309. The van der Waals surface area contributed by atoms with E-state index in [1.807, 2.05) is 24.3 Å². The van der Waals surface area contributed by atoms with E-state index in [-0.39, 0.29) is 5.91 Å². The number of H-pyrrole nitrogens is 1. The molecule has 2 N–H and O–H groups in total. The molecule has 106 valence electrons. The lowest BCUT2D eigenvalue weighted by Crippen LogP contribution is -2.51. The van der Waals surface area contributed by atoms with Crippen molar-refractivity contribution in [2.75, 3.05) is 40.3 Å². The first-order valence-electron chi connectivity index (χ1n) is 6.93. The molecule has 1 aromatic heterocycles. The van der Waals surface area contributed by atoms with Crippen LogP contribution in [0.25, 0.3) is 0 Å². The van der Waals surface area contributed by atoms with Gasteiger partial charge in [0.1, 0.15) is 0 Å². The van der Waals surface area contributed by atoms with Crippen LogP contribution in [-0.4, -0.2) is 67.0 Å². The van der Waals surface area contributed by atoms with Crippen molar-refractivity contribution in [3.8, 4) is 0 Å². The molecule has 0 bridgehead atoms. The van der Waals surface area contributed by atoms with Crippen LogP contribution in [0, 0.1) is 0 Å². The second kappa shape index (κ2) is 6.73. The van der Waals surface area contributed by atoms with Gasteiger partial charge in [0.25, 0.3) is 0 Å². The molecular weight excluding hydrogens is 240 g/mol. The highest BCUT2D eigenvalue weighted by Gasteiger charge is 2.22. The lowest BCUT2D eigenvalue weighted by atomic mass is 10.1. The second-order valence-corrected chi connectivity index (χ2v) is 5.33. The van der Waals surface area contributed by atoms with E-state index < -0.39 is 0 Å². The van der Waals surface area contributed by atoms with E-state index in [0.717, 1.165) is 32.6 Å². The van der Waals surface area contributed by atoms with E-state index in [0.29, 0.717) is 12.5 Å². The molecule has 5 heteroatoms. The van der Waals surface area contributed by atoms with Gasteiger partial charge in [-0.15, -0.1) is 0 Å². The van der Waals surface area contributed by atoms with Crippen LogP contribution in [0.3, 0.4) is 0 Å². The lowest BCUT2D eigenvalue weighted by molar-refractivity contribution is -0.131. The minimum absolute atomic E-state index is 0.232. The molecule has 19 heavy (non-hydrogen) atoms. The number of carbonyl (C=O) groups is 1. The highest BCUT2D eigenvalue weighted by atomic mass is 16.2. The van der Waals surface area contributed by atoms with Gasteiger partial charge in [-0.25, -0.2) is 0 Å². The van der Waals surface area contributed by atoms with Crippen LogP contribution in [0.4, 0.5) is 0 Å². The van der Waals surface area contributed by atoms with Crippen molar-refractivity contribution in [1.29, 1.82) is 0 Å². The van der Waals surface area contributed by atoms with Crippen LogP contribution >= 0.6 is 0 Å². The van der Waals surface area contributed by atoms with Crippen LogP contribution < -0.4 is 5.32 Å². The molecule has 1 atom stereocenters. The zero-order chi connectivity index (χ0) is 13.7. The predicted molar refractivity (Wildman–Crippen MR) is 76.0 cm³/mol. The highest BCUT2D eigenvalue weighted by molar-refractivity contribution is 5.76. The molecule has 0 aromatic carbocycles. The number of aromatic amines is 1. The van der Waals surface area contributed by atoms with Crippen molar-refractivity contribution in [3.63, 3.8) is 0 Å². The molecule has 1 saturated heterocycles. The van der Waals surface area contributed by atoms with Crippen molar-refractivity contribution < 1.29 is 4.79 Å².